The number of aryl methyl sites for hydroxylation is 1. The normalized spacial score (nSPS) is 13.5. The number of aromatic hydroxyl groups is 1. The average molecular weight is 353 g/mol. The zero-order chi connectivity index (χ0) is 18.3. The van der Waals surface area contributed by atoms with Gasteiger partial charge in [-0.15, -0.1) is 5.10 Å². The summed E-state index contributed by atoms with van der Waals surface area (Å²) in [6.07, 6.45) is 1.82. The number of amides is 1. The van der Waals surface area contributed by atoms with Gasteiger partial charge in [0, 0.05) is 18.2 Å². The van der Waals surface area contributed by atoms with Crippen LogP contribution < -0.4 is 5.56 Å². The molecule has 0 radical (unpaired) electrons. The van der Waals surface area contributed by atoms with E-state index in [0.29, 0.717) is 35.7 Å². The fourth-order valence-electron chi connectivity index (χ4n) is 3.03. The van der Waals surface area contributed by atoms with Gasteiger partial charge in [-0.25, -0.2) is 9.67 Å². The van der Waals surface area contributed by atoms with Crippen molar-refractivity contribution in [2.75, 3.05) is 6.54 Å². The lowest BCUT2D eigenvalue weighted by molar-refractivity contribution is 0.0728. The maximum Gasteiger partial charge on any atom is 0.257 e. The highest BCUT2D eigenvalue weighted by atomic mass is 16.3. The maximum absolute atomic E-state index is 12.8. The number of tetrazole rings is 1. The van der Waals surface area contributed by atoms with Crippen molar-refractivity contribution >= 4 is 5.91 Å². The smallest absolute Gasteiger partial charge is 0.257 e. The van der Waals surface area contributed by atoms with Crippen LogP contribution in [0.25, 0.3) is 5.69 Å². The van der Waals surface area contributed by atoms with Crippen LogP contribution >= 0.6 is 0 Å². The maximum atomic E-state index is 12.8. The number of hydrogen-bond acceptors (Lipinski definition) is 7. The second kappa shape index (κ2) is 6.06. The SMILES string of the molecule is Cc1nc2c(c(=O)[nH]1)CCN(C(=O)c1ccc(-n3cnnn3)cc1O)C2. The van der Waals surface area contributed by atoms with Gasteiger partial charge in [-0.05, 0) is 35.9 Å². The Morgan fingerprint density at radius 3 is 2.92 bits per heavy atom. The van der Waals surface area contributed by atoms with Crippen molar-refractivity contribution in [1.29, 1.82) is 0 Å². The number of nitrogens with one attached hydrogen (secondary N) is 1. The lowest BCUT2D eigenvalue weighted by Gasteiger charge is -2.28. The van der Waals surface area contributed by atoms with Crippen molar-refractivity contribution in [2.45, 2.75) is 19.9 Å². The van der Waals surface area contributed by atoms with Crippen LogP contribution in [0.4, 0.5) is 0 Å². The Bertz CT molecular complexity index is 1040. The molecule has 3 heterocycles. The number of carbonyl (C=O) groups excluding carboxylic acids is 1. The van der Waals surface area contributed by atoms with E-state index in [9.17, 15) is 14.7 Å². The summed E-state index contributed by atoms with van der Waals surface area (Å²) in [6, 6.07) is 4.60. The van der Waals surface area contributed by atoms with Crippen molar-refractivity contribution in [2.24, 2.45) is 0 Å². The topological polar surface area (TPSA) is 130 Å². The number of carbonyl (C=O) groups is 1. The fraction of sp³-hybridized carbons (Fsp3) is 0.250. The minimum Gasteiger partial charge on any atom is -0.507 e. The molecular weight excluding hydrogens is 338 g/mol. The molecule has 0 unspecified atom stereocenters. The Hall–Kier alpha value is -3.56. The Balaban J connectivity index is 1.61. The third-order valence-electron chi connectivity index (χ3n) is 4.30. The molecule has 10 nitrogen and oxygen atoms in total. The van der Waals surface area contributed by atoms with Crippen LogP contribution in [0, 0.1) is 6.92 Å². The van der Waals surface area contributed by atoms with Crippen molar-refractivity contribution in [3.8, 4) is 11.4 Å². The molecule has 1 amide bonds. The molecular formula is C16H15N7O3. The van der Waals surface area contributed by atoms with Gasteiger partial charge in [-0.2, -0.15) is 0 Å². The molecule has 0 bridgehead atoms. The van der Waals surface area contributed by atoms with Crippen molar-refractivity contribution < 1.29 is 9.90 Å². The first kappa shape index (κ1) is 15.9. The van der Waals surface area contributed by atoms with E-state index in [1.54, 1.807) is 17.9 Å². The van der Waals surface area contributed by atoms with Gasteiger partial charge >= 0.3 is 0 Å². The highest BCUT2D eigenvalue weighted by Crippen LogP contribution is 2.24. The monoisotopic (exact) mass is 353 g/mol. The van der Waals surface area contributed by atoms with Crippen LogP contribution in [-0.4, -0.2) is 52.6 Å². The molecule has 2 N–H and O–H groups in total. The second-order valence-corrected chi connectivity index (χ2v) is 6.01. The molecule has 0 spiro atoms. The quantitative estimate of drug-likeness (QED) is 0.661. The number of aromatic nitrogens is 6. The molecule has 10 heteroatoms. The van der Waals surface area contributed by atoms with Gasteiger partial charge < -0.3 is 15.0 Å². The first-order valence-electron chi connectivity index (χ1n) is 7.97. The van der Waals surface area contributed by atoms with Crippen LogP contribution in [0.1, 0.15) is 27.4 Å². The molecule has 1 aliphatic heterocycles. The Kier molecular flexibility index (Phi) is 3.72. The van der Waals surface area contributed by atoms with Crippen LogP contribution in [0.15, 0.2) is 29.3 Å². The summed E-state index contributed by atoms with van der Waals surface area (Å²) in [7, 11) is 0. The number of phenols is 1. The third kappa shape index (κ3) is 2.70. The van der Waals surface area contributed by atoms with E-state index in [4.69, 9.17) is 0 Å². The van der Waals surface area contributed by atoms with Crippen LogP contribution in [-0.2, 0) is 13.0 Å². The van der Waals surface area contributed by atoms with Crippen molar-refractivity contribution in [1.82, 2.24) is 35.1 Å². The summed E-state index contributed by atoms with van der Waals surface area (Å²) in [5, 5.41) is 21.1. The largest absolute Gasteiger partial charge is 0.507 e. The zero-order valence-electron chi connectivity index (χ0n) is 13.9. The molecule has 0 fully saturated rings. The average Bonchev–Trinajstić information content (AvgIpc) is 3.15. The van der Waals surface area contributed by atoms with Crippen LogP contribution in [0.2, 0.25) is 0 Å². The van der Waals surface area contributed by atoms with Gasteiger partial charge in [0.05, 0.1) is 23.5 Å². The fourth-order valence-corrected chi connectivity index (χ4v) is 3.03. The molecule has 0 saturated heterocycles. The number of fused-ring (bicyclic) bond motifs is 1. The van der Waals surface area contributed by atoms with Gasteiger partial charge in [-0.3, -0.25) is 9.59 Å². The molecule has 4 rings (SSSR count). The Labute approximate surface area is 147 Å². The standard InChI is InChI=1S/C16H15N7O3/c1-9-18-13-7-22(5-4-11(13)15(25)19-9)16(26)12-3-2-10(6-14(12)24)23-8-17-20-21-23/h2-3,6,8,24H,4-5,7H2,1H3,(H,18,19,25). The van der Waals surface area contributed by atoms with Gasteiger partial charge in [-0.1, -0.05) is 0 Å². The van der Waals surface area contributed by atoms with Crippen LogP contribution in [0.5, 0.6) is 5.75 Å². The van der Waals surface area contributed by atoms with Gasteiger partial charge in [0.1, 0.15) is 17.9 Å². The first-order valence-corrected chi connectivity index (χ1v) is 7.97. The number of benzene rings is 1. The van der Waals surface area contributed by atoms with Crippen molar-refractivity contribution in [3.63, 3.8) is 0 Å². The molecule has 3 aromatic rings. The number of H-pyrrole nitrogens is 1. The van der Waals surface area contributed by atoms with Gasteiger partial charge in [0.2, 0.25) is 0 Å². The predicted molar refractivity (Wildman–Crippen MR) is 88.9 cm³/mol. The molecule has 1 aromatic carbocycles. The number of aromatic amines is 1. The van der Waals surface area contributed by atoms with E-state index in [1.165, 1.54) is 23.1 Å². The van der Waals surface area contributed by atoms with Crippen LogP contribution in [0.3, 0.4) is 0 Å². The molecule has 0 aliphatic carbocycles. The van der Waals surface area contributed by atoms with E-state index in [2.05, 4.69) is 25.5 Å². The molecule has 1 aliphatic rings. The minimum atomic E-state index is -0.323. The number of hydrogen-bond donors (Lipinski definition) is 2. The lowest BCUT2D eigenvalue weighted by atomic mass is 10.0. The number of nitrogens with zero attached hydrogens (tertiary/aromatic N) is 6. The van der Waals surface area contributed by atoms with E-state index in [1.807, 2.05) is 0 Å². The predicted octanol–water partition coefficient (Wildman–Crippen LogP) is -0.0419. The summed E-state index contributed by atoms with van der Waals surface area (Å²) in [5.74, 6) is 0.0247. The summed E-state index contributed by atoms with van der Waals surface area (Å²) in [4.78, 5) is 33.4. The Morgan fingerprint density at radius 1 is 1.35 bits per heavy atom. The van der Waals surface area contributed by atoms with E-state index < -0.39 is 0 Å². The summed E-state index contributed by atoms with van der Waals surface area (Å²) < 4.78 is 1.38. The molecule has 0 saturated carbocycles. The van der Waals surface area contributed by atoms with Gasteiger partial charge in [0.15, 0.2) is 0 Å². The molecule has 132 valence electrons. The third-order valence-corrected chi connectivity index (χ3v) is 4.30. The highest BCUT2D eigenvalue weighted by Gasteiger charge is 2.26. The first-order chi connectivity index (χ1) is 12.5. The number of phenolic OH excluding ortho intramolecular Hbond substituents is 1. The summed E-state index contributed by atoms with van der Waals surface area (Å²) >= 11 is 0. The van der Waals surface area contributed by atoms with E-state index >= 15 is 0 Å². The molecule has 2 aromatic heterocycles. The second-order valence-electron chi connectivity index (χ2n) is 6.01. The zero-order valence-corrected chi connectivity index (χ0v) is 13.9. The lowest BCUT2D eigenvalue weighted by Crippen LogP contribution is -2.39. The van der Waals surface area contributed by atoms with Crippen molar-refractivity contribution in [3.05, 3.63) is 57.5 Å². The molecule has 0 atom stereocenters. The molecule has 26 heavy (non-hydrogen) atoms. The Morgan fingerprint density at radius 2 is 2.19 bits per heavy atom. The number of rotatable bonds is 2. The summed E-state index contributed by atoms with van der Waals surface area (Å²) in [6.45, 7) is 2.31. The van der Waals surface area contributed by atoms with E-state index in [0.717, 1.165) is 0 Å². The van der Waals surface area contributed by atoms with E-state index in [-0.39, 0.29) is 29.3 Å². The minimum absolute atomic E-state index is 0.159. The summed E-state index contributed by atoms with van der Waals surface area (Å²) in [5.41, 5.74) is 1.76. The highest BCUT2D eigenvalue weighted by molar-refractivity contribution is 5.97. The van der Waals surface area contributed by atoms with Gasteiger partial charge in [0.25, 0.3) is 11.5 Å².